The smallest absolute Gasteiger partial charge is 0.453 e. The van der Waals surface area contributed by atoms with Crippen molar-refractivity contribution in [2.24, 2.45) is 0 Å². The Morgan fingerprint density at radius 1 is 0.519 bits per heavy atom. The molecule has 2 aliphatic rings. The molecule has 81 heavy (non-hydrogen) atoms. The van der Waals surface area contributed by atoms with Gasteiger partial charge in [-0.05, 0) is 146 Å². The molecule has 0 atom stereocenters. The maximum atomic E-state index is 14.1. The van der Waals surface area contributed by atoms with Crippen molar-refractivity contribution in [3.63, 3.8) is 0 Å². The minimum Gasteiger partial charge on any atom is -0.459 e. The SMILES string of the molecule is CC(C)(C)OC(=O)C1(S(=O)(=O)c2ccc(-c3ccc(CCC(F)(F)C(F)(F)F)cn3)cc2)CCN(Cc2ccccc2)CC1.CC(C)(C)OC(=O)C1(S(=O)(=O)c2ccc(-c3ccc(CCC(F)(F)C(F)(F)F)cn3)cc2)CCNCC1. The third-order valence-corrected chi connectivity index (χ3v) is 18.7. The molecule has 12 nitrogen and oxygen atoms in total. The van der Waals surface area contributed by atoms with Crippen LogP contribution in [-0.4, -0.2) is 115 Å². The van der Waals surface area contributed by atoms with Crippen LogP contribution in [0.1, 0.15) is 96.8 Å². The average Bonchev–Trinajstić information content (AvgIpc) is 3.59. The van der Waals surface area contributed by atoms with Crippen molar-refractivity contribution in [1.82, 2.24) is 20.2 Å². The standard InChI is InChI=1S/C32H35F5N2O4S.C25H29F5N2O4S/c1-29(2,3)43-28(40)30(17-19-39(20-18-30)22-24-7-5-4-6-8-24)44(41,42)26-12-10-25(11-13-26)27-14-9-23(21-38-27)15-16-31(33,34)32(35,36)37;1-22(2,3)36-21(33)23(12-14-31-15-13-23)37(34,35)19-7-5-18(6-8-19)20-9-4-17(16-32-20)10-11-24(26,27)25(28,29)30/h4-14,21H,15-20,22H2,1-3H3;4-9,16,31H,10-15H2,1-3H3. The highest BCUT2D eigenvalue weighted by molar-refractivity contribution is 7.94. The van der Waals surface area contributed by atoms with Gasteiger partial charge in [-0.3, -0.25) is 24.5 Å². The zero-order valence-corrected chi connectivity index (χ0v) is 47.0. The van der Waals surface area contributed by atoms with Crippen LogP contribution in [0, 0.1) is 0 Å². The van der Waals surface area contributed by atoms with E-state index in [1.807, 2.05) is 30.3 Å². The molecule has 2 saturated heterocycles. The van der Waals surface area contributed by atoms with E-state index in [4.69, 9.17) is 9.47 Å². The number of sulfone groups is 2. The third kappa shape index (κ3) is 15.4. The second kappa shape index (κ2) is 24.5. The van der Waals surface area contributed by atoms with E-state index in [1.54, 1.807) is 41.5 Å². The molecule has 0 unspecified atom stereocenters. The average molecular weight is 1190 g/mol. The Labute approximate surface area is 464 Å². The molecular weight excluding hydrogens is 1120 g/mol. The number of halogens is 10. The highest BCUT2D eigenvalue weighted by Gasteiger charge is 2.58. The van der Waals surface area contributed by atoms with Crippen molar-refractivity contribution in [3.8, 4) is 22.5 Å². The third-order valence-electron chi connectivity index (χ3n) is 13.7. The van der Waals surface area contributed by atoms with E-state index in [-0.39, 0.29) is 46.6 Å². The monoisotopic (exact) mass is 1190 g/mol. The fourth-order valence-corrected chi connectivity index (χ4v) is 13.0. The molecule has 24 heteroatoms. The zero-order chi connectivity index (χ0) is 60.1. The molecule has 3 aromatic carbocycles. The van der Waals surface area contributed by atoms with Gasteiger partial charge in [-0.2, -0.15) is 43.9 Å². The summed E-state index contributed by atoms with van der Waals surface area (Å²) in [5, 5.41) is 3.06. The van der Waals surface area contributed by atoms with Gasteiger partial charge in [0.15, 0.2) is 29.2 Å². The van der Waals surface area contributed by atoms with Crippen LogP contribution in [0.25, 0.3) is 22.5 Å². The minimum absolute atomic E-state index is 0.0508. The second-order valence-corrected chi connectivity index (χ2v) is 26.6. The number of aryl methyl sites for hydroxylation is 2. The van der Waals surface area contributed by atoms with Crippen molar-refractivity contribution < 1.29 is 79.8 Å². The van der Waals surface area contributed by atoms with Crippen LogP contribution in [-0.2, 0) is 58.1 Å². The number of aromatic nitrogens is 2. The van der Waals surface area contributed by atoms with Crippen LogP contribution in [0.5, 0.6) is 0 Å². The number of hydrogen-bond acceptors (Lipinski definition) is 12. The van der Waals surface area contributed by atoms with Gasteiger partial charge in [-0.25, -0.2) is 16.8 Å². The number of nitrogens with one attached hydrogen (secondary N) is 1. The number of esters is 2. The lowest BCUT2D eigenvalue weighted by Crippen LogP contribution is -2.56. The Morgan fingerprint density at radius 3 is 1.22 bits per heavy atom. The zero-order valence-electron chi connectivity index (χ0n) is 45.4. The fraction of sp³-hybridized carbons (Fsp3) is 0.474. The molecule has 4 heterocycles. The topological polar surface area (TPSA) is 162 Å². The number of likely N-dealkylation sites (tertiary alicyclic amines) is 1. The molecule has 2 fully saturated rings. The summed E-state index contributed by atoms with van der Waals surface area (Å²) in [5.41, 5.74) is 1.47. The van der Waals surface area contributed by atoms with Crippen LogP contribution in [0.15, 0.2) is 125 Å². The Bertz CT molecular complexity index is 3150. The van der Waals surface area contributed by atoms with Crippen LogP contribution in [0.3, 0.4) is 0 Å². The quantitative estimate of drug-likeness (QED) is 0.0736. The lowest BCUT2D eigenvalue weighted by molar-refractivity contribution is -0.284. The molecular formula is C57H64F10N4O8S2. The molecule has 0 spiro atoms. The molecule has 2 aromatic heterocycles. The molecule has 1 N–H and O–H groups in total. The summed E-state index contributed by atoms with van der Waals surface area (Å²) in [5.74, 6) is -11.2. The lowest BCUT2D eigenvalue weighted by atomic mass is 9.95. The molecule has 0 amide bonds. The normalized spacial score (nSPS) is 16.6. The van der Waals surface area contributed by atoms with Gasteiger partial charge in [0.25, 0.3) is 0 Å². The van der Waals surface area contributed by atoms with E-state index in [0.717, 1.165) is 5.56 Å². The molecule has 5 aromatic rings. The highest BCUT2D eigenvalue weighted by Crippen LogP contribution is 2.42. The molecule has 0 bridgehead atoms. The van der Waals surface area contributed by atoms with Crippen molar-refractivity contribution in [2.75, 3.05) is 26.2 Å². The predicted molar refractivity (Wildman–Crippen MR) is 283 cm³/mol. The van der Waals surface area contributed by atoms with E-state index >= 15 is 0 Å². The van der Waals surface area contributed by atoms with Crippen LogP contribution < -0.4 is 5.32 Å². The number of piperidine rings is 2. The Balaban J connectivity index is 0.000000265. The van der Waals surface area contributed by atoms with Gasteiger partial charge in [0.05, 0.1) is 21.2 Å². The van der Waals surface area contributed by atoms with Crippen molar-refractivity contribution in [1.29, 1.82) is 0 Å². The first-order valence-corrected chi connectivity index (χ1v) is 28.8. The van der Waals surface area contributed by atoms with Gasteiger partial charge >= 0.3 is 36.1 Å². The molecule has 0 saturated carbocycles. The summed E-state index contributed by atoms with van der Waals surface area (Å²) >= 11 is 0. The number of benzene rings is 3. The van der Waals surface area contributed by atoms with Gasteiger partial charge < -0.3 is 14.8 Å². The van der Waals surface area contributed by atoms with E-state index in [2.05, 4.69) is 20.2 Å². The van der Waals surface area contributed by atoms with Crippen molar-refractivity contribution >= 4 is 31.6 Å². The highest BCUT2D eigenvalue weighted by atomic mass is 32.2. The molecule has 0 radical (unpaired) electrons. The van der Waals surface area contributed by atoms with Crippen molar-refractivity contribution in [2.45, 2.75) is 154 Å². The predicted octanol–water partition coefficient (Wildman–Crippen LogP) is 12.1. The Morgan fingerprint density at radius 2 is 0.889 bits per heavy atom. The van der Waals surface area contributed by atoms with E-state index in [1.165, 1.54) is 85.2 Å². The van der Waals surface area contributed by atoms with Crippen LogP contribution in [0.4, 0.5) is 43.9 Å². The summed E-state index contributed by atoms with van der Waals surface area (Å²) in [6, 6.07) is 27.0. The van der Waals surface area contributed by atoms with Gasteiger partial charge in [-0.1, -0.05) is 66.7 Å². The maximum Gasteiger partial charge on any atom is 0.453 e. The summed E-state index contributed by atoms with van der Waals surface area (Å²) in [6.45, 7) is 12.1. The molecule has 442 valence electrons. The second-order valence-electron chi connectivity index (χ2n) is 22.1. The van der Waals surface area contributed by atoms with Gasteiger partial charge in [-0.15, -0.1) is 0 Å². The van der Waals surface area contributed by atoms with E-state index in [0.29, 0.717) is 55.2 Å². The number of ether oxygens (including phenoxy) is 2. The number of alkyl halides is 10. The first kappa shape index (κ1) is 64.2. The number of hydrogen-bond donors (Lipinski definition) is 1. The van der Waals surface area contributed by atoms with Gasteiger partial charge in [0, 0.05) is 56.0 Å². The van der Waals surface area contributed by atoms with Crippen molar-refractivity contribution in [3.05, 3.63) is 132 Å². The summed E-state index contributed by atoms with van der Waals surface area (Å²) in [4.78, 5) is 36.9. The number of rotatable bonds is 16. The summed E-state index contributed by atoms with van der Waals surface area (Å²) < 4.78 is 191. The first-order chi connectivity index (χ1) is 37.4. The summed E-state index contributed by atoms with van der Waals surface area (Å²) in [6.07, 6.45) is -12.4. The lowest BCUT2D eigenvalue weighted by Gasteiger charge is -2.40. The summed E-state index contributed by atoms with van der Waals surface area (Å²) in [7, 11) is -8.35. The molecule has 7 rings (SSSR count). The Kier molecular flexibility index (Phi) is 19.4. The largest absolute Gasteiger partial charge is 0.459 e. The van der Waals surface area contributed by atoms with Gasteiger partial charge in [0.1, 0.15) is 11.2 Å². The van der Waals surface area contributed by atoms with E-state index in [9.17, 15) is 70.3 Å². The van der Waals surface area contributed by atoms with E-state index < -0.39 is 102 Å². The Hall–Kier alpha value is -5.98. The molecule has 0 aliphatic carbocycles. The maximum absolute atomic E-state index is 14.1. The first-order valence-electron chi connectivity index (χ1n) is 25.9. The number of pyridine rings is 2. The van der Waals surface area contributed by atoms with Gasteiger partial charge in [0.2, 0.25) is 0 Å². The number of nitrogens with zero attached hydrogens (tertiary/aromatic N) is 3. The van der Waals surface area contributed by atoms with Crippen LogP contribution in [0.2, 0.25) is 0 Å². The minimum atomic E-state index is -5.62. The number of carbonyl (C=O) groups excluding carboxylic acids is 2. The van der Waals surface area contributed by atoms with Crippen LogP contribution >= 0.6 is 0 Å². The number of carbonyl (C=O) groups is 2. The fourth-order valence-electron chi connectivity index (χ4n) is 9.09. The molecule has 2 aliphatic heterocycles.